The van der Waals surface area contributed by atoms with Crippen LogP contribution < -0.4 is 9.64 Å². The van der Waals surface area contributed by atoms with Crippen molar-refractivity contribution < 1.29 is 9.53 Å². The molecule has 0 atom stereocenters. The van der Waals surface area contributed by atoms with Crippen LogP contribution in [0.15, 0.2) is 66.2 Å². The van der Waals surface area contributed by atoms with Crippen LogP contribution in [-0.2, 0) is 4.79 Å². The average Bonchev–Trinajstić information content (AvgIpc) is 3.09. The normalized spacial score (nSPS) is 10.3. The predicted molar refractivity (Wildman–Crippen MR) is 92.4 cm³/mol. The number of para-hydroxylation sites is 2. The second-order valence-corrected chi connectivity index (χ2v) is 5.81. The number of anilines is 2. The Bertz CT molecular complexity index is 773. The van der Waals surface area contributed by atoms with E-state index >= 15 is 0 Å². The van der Waals surface area contributed by atoms with Crippen LogP contribution >= 0.6 is 11.3 Å². The molecule has 1 heterocycles. The van der Waals surface area contributed by atoms with Gasteiger partial charge >= 0.3 is 0 Å². The number of rotatable bonds is 5. The van der Waals surface area contributed by atoms with Crippen molar-refractivity contribution in [3.8, 4) is 5.75 Å². The highest BCUT2D eigenvalue weighted by Gasteiger charge is 2.20. The van der Waals surface area contributed by atoms with Crippen LogP contribution in [0.25, 0.3) is 0 Å². The molecule has 0 bridgehead atoms. The number of amides is 1. The largest absolute Gasteiger partial charge is 0.483 e. The number of thiazole rings is 1. The first kappa shape index (κ1) is 15.2. The molecule has 0 radical (unpaired) electrons. The monoisotopic (exact) mass is 324 g/mol. The molecule has 3 aromatic rings. The van der Waals surface area contributed by atoms with Crippen molar-refractivity contribution in [1.82, 2.24) is 4.98 Å². The number of aryl methyl sites for hydroxylation is 1. The molecule has 3 rings (SSSR count). The molecule has 5 heteroatoms. The van der Waals surface area contributed by atoms with Crippen LogP contribution in [0, 0.1) is 6.92 Å². The zero-order valence-corrected chi connectivity index (χ0v) is 13.5. The van der Waals surface area contributed by atoms with E-state index in [2.05, 4.69) is 4.98 Å². The van der Waals surface area contributed by atoms with Gasteiger partial charge in [-0.25, -0.2) is 4.98 Å². The number of carbonyl (C=O) groups excluding carboxylic acids is 1. The van der Waals surface area contributed by atoms with E-state index in [1.807, 2.05) is 66.9 Å². The van der Waals surface area contributed by atoms with Crippen molar-refractivity contribution in [2.75, 3.05) is 11.5 Å². The number of ether oxygens (including phenoxy) is 1. The van der Waals surface area contributed by atoms with Gasteiger partial charge in [0.25, 0.3) is 5.91 Å². The van der Waals surface area contributed by atoms with Crippen molar-refractivity contribution in [3.05, 3.63) is 71.7 Å². The molecule has 0 N–H and O–H groups in total. The van der Waals surface area contributed by atoms with Gasteiger partial charge in [0.05, 0.1) is 5.69 Å². The molecule has 0 fully saturated rings. The Morgan fingerprint density at radius 1 is 1.13 bits per heavy atom. The summed E-state index contributed by atoms with van der Waals surface area (Å²) in [4.78, 5) is 18.5. The summed E-state index contributed by atoms with van der Waals surface area (Å²) >= 11 is 1.42. The molecular formula is C18H16N2O2S. The minimum Gasteiger partial charge on any atom is -0.483 e. The van der Waals surface area contributed by atoms with Crippen molar-refractivity contribution in [2.45, 2.75) is 6.92 Å². The highest BCUT2D eigenvalue weighted by molar-refractivity contribution is 7.13. The van der Waals surface area contributed by atoms with Gasteiger partial charge in [0, 0.05) is 11.6 Å². The fourth-order valence-electron chi connectivity index (χ4n) is 2.19. The van der Waals surface area contributed by atoms with Gasteiger partial charge in [0.15, 0.2) is 11.7 Å². The summed E-state index contributed by atoms with van der Waals surface area (Å²) in [6.45, 7) is 1.91. The topological polar surface area (TPSA) is 42.4 Å². The third-order valence-corrected chi connectivity index (χ3v) is 4.08. The van der Waals surface area contributed by atoms with Crippen LogP contribution in [-0.4, -0.2) is 17.5 Å². The molecule has 116 valence electrons. The Balaban J connectivity index is 1.80. The van der Waals surface area contributed by atoms with E-state index in [-0.39, 0.29) is 12.5 Å². The summed E-state index contributed by atoms with van der Waals surface area (Å²) in [7, 11) is 0. The fraction of sp³-hybridized carbons (Fsp3) is 0.111. The number of hydrogen-bond donors (Lipinski definition) is 0. The average molecular weight is 324 g/mol. The summed E-state index contributed by atoms with van der Waals surface area (Å²) in [5, 5.41) is 2.48. The molecule has 2 aromatic carbocycles. The molecule has 0 unspecified atom stereocenters. The van der Waals surface area contributed by atoms with E-state index < -0.39 is 0 Å². The van der Waals surface area contributed by atoms with Crippen molar-refractivity contribution in [3.63, 3.8) is 0 Å². The quantitative estimate of drug-likeness (QED) is 0.706. The van der Waals surface area contributed by atoms with Crippen LogP contribution in [0.1, 0.15) is 5.56 Å². The number of benzene rings is 2. The Kier molecular flexibility index (Phi) is 4.68. The van der Waals surface area contributed by atoms with Gasteiger partial charge in [-0.15, -0.1) is 11.3 Å². The second kappa shape index (κ2) is 7.07. The fourth-order valence-corrected chi connectivity index (χ4v) is 2.86. The first-order valence-electron chi connectivity index (χ1n) is 7.21. The van der Waals surface area contributed by atoms with Gasteiger partial charge in [-0.3, -0.25) is 9.69 Å². The molecular weight excluding hydrogens is 308 g/mol. The summed E-state index contributed by atoms with van der Waals surface area (Å²) in [5.74, 6) is 0.558. The molecule has 0 aliphatic carbocycles. The van der Waals surface area contributed by atoms with E-state index in [9.17, 15) is 4.79 Å². The van der Waals surface area contributed by atoms with Gasteiger partial charge in [0.1, 0.15) is 5.75 Å². The van der Waals surface area contributed by atoms with Gasteiger partial charge in [-0.2, -0.15) is 0 Å². The lowest BCUT2D eigenvalue weighted by Gasteiger charge is -2.20. The van der Waals surface area contributed by atoms with Crippen molar-refractivity contribution >= 4 is 28.1 Å². The Labute approximate surface area is 139 Å². The molecule has 23 heavy (non-hydrogen) atoms. The lowest BCUT2D eigenvalue weighted by atomic mass is 10.2. The molecule has 0 spiro atoms. The summed E-state index contributed by atoms with van der Waals surface area (Å²) in [6, 6.07) is 17.1. The SMILES string of the molecule is Cc1ccccc1OCC(=O)N(c1ccccc1)c1nccs1. The molecule has 4 nitrogen and oxygen atoms in total. The maximum atomic E-state index is 12.7. The number of nitrogens with zero attached hydrogens (tertiary/aromatic N) is 2. The lowest BCUT2D eigenvalue weighted by Crippen LogP contribution is -2.30. The lowest BCUT2D eigenvalue weighted by molar-refractivity contribution is -0.119. The highest BCUT2D eigenvalue weighted by Crippen LogP contribution is 2.27. The van der Waals surface area contributed by atoms with Crippen LogP contribution in [0.2, 0.25) is 0 Å². The smallest absolute Gasteiger partial charge is 0.271 e. The Hall–Kier alpha value is -2.66. The minimum absolute atomic E-state index is 0.0423. The Morgan fingerprint density at radius 2 is 1.87 bits per heavy atom. The molecule has 0 aliphatic heterocycles. The van der Waals surface area contributed by atoms with Crippen LogP contribution in [0.3, 0.4) is 0 Å². The number of carbonyl (C=O) groups is 1. The van der Waals surface area contributed by atoms with E-state index in [4.69, 9.17) is 4.74 Å². The Morgan fingerprint density at radius 3 is 2.57 bits per heavy atom. The highest BCUT2D eigenvalue weighted by atomic mass is 32.1. The van der Waals surface area contributed by atoms with Crippen LogP contribution in [0.5, 0.6) is 5.75 Å². The number of aromatic nitrogens is 1. The second-order valence-electron chi connectivity index (χ2n) is 4.93. The van der Waals surface area contributed by atoms with E-state index in [1.54, 1.807) is 11.1 Å². The molecule has 0 aliphatic rings. The van der Waals surface area contributed by atoms with E-state index in [1.165, 1.54) is 11.3 Å². The predicted octanol–water partition coefficient (Wildman–Crippen LogP) is 4.20. The zero-order chi connectivity index (χ0) is 16.1. The van der Waals surface area contributed by atoms with E-state index in [0.717, 1.165) is 11.3 Å². The van der Waals surface area contributed by atoms with E-state index in [0.29, 0.717) is 10.9 Å². The third kappa shape index (κ3) is 3.57. The molecule has 1 amide bonds. The molecule has 0 saturated carbocycles. The summed E-state index contributed by atoms with van der Waals surface area (Å²) < 4.78 is 5.68. The van der Waals surface area contributed by atoms with Crippen molar-refractivity contribution in [2.24, 2.45) is 0 Å². The van der Waals surface area contributed by atoms with Gasteiger partial charge in [-0.1, -0.05) is 36.4 Å². The van der Waals surface area contributed by atoms with Gasteiger partial charge in [-0.05, 0) is 30.7 Å². The van der Waals surface area contributed by atoms with Crippen molar-refractivity contribution in [1.29, 1.82) is 0 Å². The maximum Gasteiger partial charge on any atom is 0.271 e. The maximum absolute atomic E-state index is 12.7. The first-order valence-corrected chi connectivity index (χ1v) is 8.09. The summed E-state index contributed by atoms with van der Waals surface area (Å²) in [6.07, 6.45) is 1.69. The molecule has 0 saturated heterocycles. The standard InChI is InChI=1S/C18H16N2O2S/c1-14-7-5-6-10-16(14)22-13-17(21)20(18-19-11-12-23-18)15-8-3-2-4-9-15/h2-12H,13H2,1H3. The minimum atomic E-state index is -0.158. The van der Waals surface area contributed by atoms with Crippen LogP contribution in [0.4, 0.5) is 10.8 Å². The molecule has 1 aromatic heterocycles. The zero-order valence-electron chi connectivity index (χ0n) is 12.7. The summed E-state index contributed by atoms with van der Waals surface area (Å²) in [5.41, 5.74) is 1.78. The van der Waals surface area contributed by atoms with Gasteiger partial charge in [0.2, 0.25) is 0 Å². The first-order chi connectivity index (χ1) is 11.3. The third-order valence-electron chi connectivity index (χ3n) is 3.32. The van der Waals surface area contributed by atoms with Gasteiger partial charge < -0.3 is 4.74 Å². The number of hydrogen-bond acceptors (Lipinski definition) is 4.